The Labute approximate surface area is 67.6 Å². The number of halogens is 1. The summed E-state index contributed by atoms with van der Waals surface area (Å²) >= 11 is 5.72. The number of aromatic hydroxyl groups is 1. The number of nitrogens with one attached hydrogen (secondary N) is 1. The Hall–Kier alpha value is -1.22. The first-order valence-corrected chi connectivity index (χ1v) is 3.48. The second kappa shape index (κ2) is 2.13. The van der Waals surface area contributed by atoms with Gasteiger partial charge in [-0.2, -0.15) is 5.10 Å². The molecular weight excluding hydrogens is 164 g/mol. The molecule has 0 radical (unpaired) electrons. The molecule has 0 aliphatic carbocycles. The molecule has 1 heterocycles. The van der Waals surface area contributed by atoms with Crippen molar-refractivity contribution in [3.63, 3.8) is 0 Å². The molecule has 0 atom stereocenters. The first-order valence-electron chi connectivity index (χ1n) is 3.10. The van der Waals surface area contributed by atoms with E-state index in [1.807, 2.05) is 0 Å². The average molecular weight is 169 g/mol. The molecule has 0 fully saturated rings. The van der Waals surface area contributed by atoms with Crippen LogP contribution in [0.2, 0.25) is 5.15 Å². The maximum Gasteiger partial charge on any atom is 0.132 e. The van der Waals surface area contributed by atoms with Crippen LogP contribution in [-0.4, -0.2) is 15.3 Å². The van der Waals surface area contributed by atoms with E-state index in [1.165, 1.54) is 0 Å². The smallest absolute Gasteiger partial charge is 0.132 e. The minimum Gasteiger partial charge on any atom is -0.508 e. The molecule has 56 valence electrons. The van der Waals surface area contributed by atoms with E-state index in [9.17, 15) is 0 Å². The van der Waals surface area contributed by atoms with Crippen molar-refractivity contribution in [3.05, 3.63) is 23.4 Å². The minimum atomic E-state index is 0.195. The van der Waals surface area contributed by atoms with Gasteiger partial charge < -0.3 is 5.11 Å². The van der Waals surface area contributed by atoms with Gasteiger partial charge in [-0.05, 0) is 18.2 Å². The number of benzene rings is 1. The van der Waals surface area contributed by atoms with E-state index in [1.54, 1.807) is 18.2 Å². The van der Waals surface area contributed by atoms with E-state index < -0.39 is 0 Å². The zero-order chi connectivity index (χ0) is 7.84. The summed E-state index contributed by atoms with van der Waals surface area (Å²) in [4.78, 5) is 0. The Bertz CT molecular complexity index is 396. The highest BCUT2D eigenvalue weighted by atomic mass is 35.5. The Morgan fingerprint density at radius 2 is 2.27 bits per heavy atom. The number of H-pyrrole nitrogens is 1. The monoisotopic (exact) mass is 168 g/mol. The quantitative estimate of drug-likeness (QED) is 0.632. The number of hydrogen-bond acceptors (Lipinski definition) is 2. The van der Waals surface area contributed by atoms with Crippen molar-refractivity contribution in [2.75, 3.05) is 0 Å². The van der Waals surface area contributed by atoms with Crippen molar-refractivity contribution >= 4 is 22.5 Å². The van der Waals surface area contributed by atoms with Crippen LogP contribution < -0.4 is 0 Å². The van der Waals surface area contributed by atoms with E-state index in [-0.39, 0.29) is 5.75 Å². The molecule has 4 heteroatoms. The number of hydrogen-bond donors (Lipinski definition) is 2. The normalized spacial score (nSPS) is 10.6. The molecule has 0 amide bonds. The third kappa shape index (κ3) is 0.935. The van der Waals surface area contributed by atoms with Crippen LogP contribution in [-0.2, 0) is 0 Å². The summed E-state index contributed by atoms with van der Waals surface area (Å²) in [6, 6.07) is 4.84. The molecule has 2 aromatic rings. The van der Waals surface area contributed by atoms with Crippen molar-refractivity contribution in [1.82, 2.24) is 10.2 Å². The van der Waals surface area contributed by atoms with E-state index >= 15 is 0 Å². The van der Waals surface area contributed by atoms with Crippen molar-refractivity contribution in [3.8, 4) is 5.75 Å². The fourth-order valence-corrected chi connectivity index (χ4v) is 1.16. The van der Waals surface area contributed by atoms with Crippen LogP contribution in [0.5, 0.6) is 5.75 Å². The second-order valence-corrected chi connectivity index (χ2v) is 2.62. The van der Waals surface area contributed by atoms with Crippen LogP contribution in [0, 0.1) is 0 Å². The first-order chi connectivity index (χ1) is 5.27. The number of nitrogens with zero attached hydrogens (tertiary/aromatic N) is 1. The highest BCUT2D eigenvalue weighted by Gasteiger charge is 2.01. The molecular formula is C7H5ClN2O. The molecule has 11 heavy (non-hydrogen) atoms. The lowest BCUT2D eigenvalue weighted by atomic mass is 10.2. The number of aromatic amines is 1. The molecule has 0 saturated heterocycles. The summed E-state index contributed by atoms with van der Waals surface area (Å²) < 4.78 is 0. The van der Waals surface area contributed by atoms with Crippen molar-refractivity contribution in [1.29, 1.82) is 0 Å². The van der Waals surface area contributed by atoms with Gasteiger partial charge in [0, 0.05) is 5.39 Å². The summed E-state index contributed by atoms with van der Waals surface area (Å²) in [6.45, 7) is 0. The van der Waals surface area contributed by atoms with E-state index in [0.29, 0.717) is 5.15 Å². The van der Waals surface area contributed by atoms with Crippen LogP contribution in [0.4, 0.5) is 0 Å². The molecule has 0 aliphatic heterocycles. The third-order valence-corrected chi connectivity index (χ3v) is 1.78. The maximum absolute atomic E-state index is 9.07. The molecule has 0 bridgehead atoms. The SMILES string of the molecule is Oc1ccc2n[nH]c(Cl)c2c1. The molecule has 0 unspecified atom stereocenters. The maximum atomic E-state index is 9.07. The van der Waals surface area contributed by atoms with Gasteiger partial charge in [0.1, 0.15) is 10.9 Å². The minimum absolute atomic E-state index is 0.195. The standard InChI is InChI=1S/C7H5ClN2O/c8-7-5-3-4(11)1-2-6(5)9-10-7/h1-3,11H,(H,9,10). The van der Waals surface area contributed by atoms with Crippen LogP contribution in [0.1, 0.15) is 0 Å². The second-order valence-electron chi connectivity index (χ2n) is 2.24. The number of aromatic nitrogens is 2. The van der Waals surface area contributed by atoms with Gasteiger partial charge in [-0.3, -0.25) is 5.10 Å². The molecule has 2 N–H and O–H groups in total. The van der Waals surface area contributed by atoms with Gasteiger partial charge in [-0.1, -0.05) is 11.6 Å². The highest BCUT2D eigenvalue weighted by molar-refractivity contribution is 6.34. The van der Waals surface area contributed by atoms with Crippen LogP contribution >= 0.6 is 11.6 Å². The molecule has 0 spiro atoms. The first kappa shape index (κ1) is 6.49. The number of fused-ring (bicyclic) bond motifs is 1. The summed E-state index contributed by atoms with van der Waals surface area (Å²) in [5.74, 6) is 0.195. The molecule has 1 aromatic carbocycles. The molecule has 0 aliphatic rings. The Morgan fingerprint density at radius 3 is 3.09 bits per heavy atom. The fraction of sp³-hybridized carbons (Fsp3) is 0. The van der Waals surface area contributed by atoms with E-state index in [0.717, 1.165) is 10.9 Å². The van der Waals surface area contributed by atoms with Gasteiger partial charge in [0.25, 0.3) is 0 Å². The lowest BCUT2D eigenvalue weighted by Crippen LogP contribution is -1.66. The Kier molecular flexibility index (Phi) is 1.26. The largest absolute Gasteiger partial charge is 0.508 e. The van der Waals surface area contributed by atoms with Gasteiger partial charge in [-0.25, -0.2) is 0 Å². The predicted molar refractivity (Wildman–Crippen MR) is 42.8 cm³/mol. The van der Waals surface area contributed by atoms with Gasteiger partial charge in [0.2, 0.25) is 0 Å². The predicted octanol–water partition coefficient (Wildman–Crippen LogP) is 1.92. The van der Waals surface area contributed by atoms with Crippen molar-refractivity contribution in [2.24, 2.45) is 0 Å². The highest BCUT2D eigenvalue weighted by Crippen LogP contribution is 2.23. The van der Waals surface area contributed by atoms with Gasteiger partial charge in [-0.15, -0.1) is 0 Å². The Balaban J connectivity index is 2.87. The van der Waals surface area contributed by atoms with Crippen LogP contribution in [0.25, 0.3) is 10.9 Å². The third-order valence-electron chi connectivity index (χ3n) is 1.49. The van der Waals surface area contributed by atoms with Crippen molar-refractivity contribution < 1.29 is 5.11 Å². The molecule has 3 nitrogen and oxygen atoms in total. The number of phenols is 1. The fourth-order valence-electron chi connectivity index (χ4n) is 0.967. The van der Waals surface area contributed by atoms with Gasteiger partial charge in [0.05, 0.1) is 5.52 Å². The van der Waals surface area contributed by atoms with Crippen LogP contribution in [0.15, 0.2) is 18.2 Å². The van der Waals surface area contributed by atoms with Crippen LogP contribution in [0.3, 0.4) is 0 Å². The van der Waals surface area contributed by atoms with Gasteiger partial charge >= 0.3 is 0 Å². The Morgan fingerprint density at radius 1 is 1.45 bits per heavy atom. The zero-order valence-electron chi connectivity index (χ0n) is 5.50. The van der Waals surface area contributed by atoms with E-state index in [2.05, 4.69) is 10.2 Å². The summed E-state index contributed by atoms with van der Waals surface area (Å²) in [6.07, 6.45) is 0. The van der Waals surface area contributed by atoms with Crippen molar-refractivity contribution in [2.45, 2.75) is 0 Å². The molecule has 2 rings (SSSR count). The summed E-state index contributed by atoms with van der Waals surface area (Å²) in [5, 5.41) is 16.8. The average Bonchev–Trinajstić information content (AvgIpc) is 2.33. The topological polar surface area (TPSA) is 48.9 Å². The number of rotatable bonds is 0. The van der Waals surface area contributed by atoms with E-state index in [4.69, 9.17) is 16.7 Å². The lowest BCUT2D eigenvalue weighted by molar-refractivity contribution is 0.476. The molecule has 0 saturated carbocycles. The zero-order valence-corrected chi connectivity index (χ0v) is 6.26. The van der Waals surface area contributed by atoms with Gasteiger partial charge in [0.15, 0.2) is 0 Å². The summed E-state index contributed by atoms with van der Waals surface area (Å²) in [7, 11) is 0. The number of phenolic OH excluding ortho intramolecular Hbond substituents is 1. The lowest BCUT2D eigenvalue weighted by Gasteiger charge is -1.89. The summed E-state index contributed by atoms with van der Waals surface area (Å²) in [5.41, 5.74) is 0.757. The molecule has 1 aromatic heterocycles.